The molecule has 0 bridgehead atoms. The van der Waals surface area contributed by atoms with Gasteiger partial charge < -0.3 is 24.3 Å². The lowest BCUT2D eigenvalue weighted by Crippen LogP contribution is -2.63. The zero-order chi connectivity index (χ0) is 35.1. The first-order chi connectivity index (χ1) is 23.1. The first-order valence-corrected chi connectivity index (χ1v) is 19.5. The van der Waals surface area contributed by atoms with Crippen molar-refractivity contribution in [2.24, 2.45) is 28.6 Å². The molecular weight excluding hydrogens is 667 g/mol. The summed E-state index contributed by atoms with van der Waals surface area (Å²) in [7, 11) is -0.0993. The molecule has 0 spiro atoms. The van der Waals surface area contributed by atoms with E-state index < -0.39 is 38.4 Å². The Labute approximate surface area is 290 Å². The molecule has 3 saturated carbocycles. The number of ether oxygens (including phenoxy) is 1. The maximum atomic E-state index is 13.5. The van der Waals surface area contributed by atoms with Crippen LogP contribution in [0.3, 0.4) is 0 Å². The molecule has 49 heavy (non-hydrogen) atoms. The molecule has 0 radical (unpaired) electrons. The van der Waals surface area contributed by atoms with E-state index in [-0.39, 0.29) is 39.1 Å². The number of rotatable bonds is 6. The topological polar surface area (TPSA) is 152 Å². The van der Waals surface area contributed by atoms with Crippen LogP contribution in [0.25, 0.3) is 11.8 Å². The van der Waals surface area contributed by atoms with E-state index in [1.165, 1.54) is 29.1 Å². The second kappa shape index (κ2) is 11.9. The van der Waals surface area contributed by atoms with Crippen LogP contribution >= 0.6 is 11.8 Å². The maximum absolute atomic E-state index is 13.5. The van der Waals surface area contributed by atoms with E-state index >= 15 is 0 Å². The number of hydrogen-bond donors (Lipinski definition) is 2. The van der Waals surface area contributed by atoms with E-state index in [2.05, 4.69) is 13.0 Å². The van der Waals surface area contributed by atoms with Gasteiger partial charge in [0.05, 0.1) is 34.8 Å². The van der Waals surface area contributed by atoms with Gasteiger partial charge in [-0.25, -0.2) is 17.9 Å². The van der Waals surface area contributed by atoms with E-state index in [1.54, 1.807) is 44.4 Å². The Morgan fingerprint density at radius 1 is 1.16 bits per heavy atom. The first-order valence-electron chi connectivity index (χ1n) is 16.7. The monoisotopic (exact) mass is 709 g/mol. The van der Waals surface area contributed by atoms with Gasteiger partial charge in [0.1, 0.15) is 5.44 Å². The van der Waals surface area contributed by atoms with Crippen LogP contribution in [0.1, 0.15) is 67.8 Å². The first kappa shape index (κ1) is 34.1. The van der Waals surface area contributed by atoms with Crippen molar-refractivity contribution in [2.75, 3.05) is 20.4 Å². The molecule has 2 aromatic heterocycles. The molecule has 4 aliphatic rings. The van der Waals surface area contributed by atoms with E-state index in [4.69, 9.17) is 14.3 Å². The highest BCUT2D eigenvalue weighted by Crippen LogP contribution is 2.69. The molecule has 1 unspecified atom stereocenters. The Morgan fingerprint density at radius 3 is 2.55 bits per heavy atom. The molecule has 8 atom stereocenters. The van der Waals surface area contributed by atoms with Crippen molar-refractivity contribution in [3.63, 3.8) is 0 Å². The van der Waals surface area contributed by atoms with Gasteiger partial charge in [0, 0.05) is 25.8 Å². The number of carbonyl (C=O) groups excluding carboxylic acids is 2. The highest BCUT2D eigenvalue weighted by atomic mass is 32.2. The SMILES string of the molecule is CN(C)C(=O)SC(O)[C@@]1(OC(=O)c2ccco2)CC[C@H]2[C@@H]3CCC4=Cc5c(cnn5-c5ccc(S(C)(=O)=O)cc5)C[C@]4(C)[C@H]3[C@@H](O)C[C@@]21C. The number of aliphatic hydroxyl groups is 2. The summed E-state index contributed by atoms with van der Waals surface area (Å²) in [5.41, 5.74) is 0.0687. The predicted octanol–water partition coefficient (Wildman–Crippen LogP) is 5.35. The number of aromatic nitrogens is 2. The van der Waals surface area contributed by atoms with E-state index in [9.17, 15) is 28.2 Å². The molecule has 1 aromatic carbocycles. The van der Waals surface area contributed by atoms with Crippen LogP contribution in [-0.4, -0.2) is 82.0 Å². The Kier molecular flexibility index (Phi) is 8.24. The van der Waals surface area contributed by atoms with Gasteiger partial charge in [0.15, 0.2) is 15.4 Å². The highest BCUT2D eigenvalue weighted by molar-refractivity contribution is 8.13. The molecule has 1 amide bonds. The summed E-state index contributed by atoms with van der Waals surface area (Å²) in [6.45, 7) is 4.25. The number of furan rings is 1. The molecule has 3 fully saturated rings. The van der Waals surface area contributed by atoms with Crippen LogP contribution in [-0.2, 0) is 21.0 Å². The van der Waals surface area contributed by atoms with Gasteiger partial charge in [0.25, 0.3) is 5.24 Å². The molecule has 7 rings (SSSR count). The molecule has 2 N–H and O–H groups in total. The minimum atomic E-state index is -3.32. The molecule has 0 aliphatic heterocycles. The van der Waals surface area contributed by atoms with Crippen LogP contribution in [0.2, 0.25) is 0 Å². The number of nitrogens with zero attached hydrogens (tertiary/aromatic N) is 3. The van der Waals surface area contributed by atoms with Gasteiger partial charge in [-0.2, -0.15) is 5.10 Å². The molecule has 0 saturated heterocycles. The third-order valence-electron chi connectivity index (χ3n) is 12.1. The van der Waals surface area contributed by atoms with Crippen molar-refractivity contribution >= 4 is 38.9 Å². The summed E-state index contributed by atoms with van der Waals surface area (Å²) < 4.78 is 37.5. The Bertz CT molecular complexity index is 1920. The third kappa shape index (κ3) is 5.30. The van der Waals surface area contributed by atoms with Crippen molar-refractivity contribution in [1.82, 2.24) is 14.7 Å². The normalized spacial score (nSPS) is 32.6. The minimum absolute atomic E-state index is 0.0154. The summed E-state index contributed by atoms with van der Waals surface area (Å²) in [4.78, 5) is 27.9. The minimum Gasteiger partial charge on any atom is -0.457 e. The number of allylic oxidation sites excluding steroid dienone is 1. The smallest absolute Gasteiger partial charge is 0.374 e. The summed E-state index contributed by atoms with van der Waals surface area (Å²) in [6.07, 6.45) is 9.50. The van der Waals surface area contributed by atoms with Crippen molar-refractivity contribution in [3.8, 4) is 5.69 Å². The molecule has 4 aliphatic carbocycles. The number of carbonyl (C=O) groups is 2. The van der Waals surface area contributed by atoms with E-state index in [0.717, 1.165) is 41.5 Å². The van der Waals surface area contributed by atoms with Crippen molar-refractivity contribution in [1.29, 1.82) is 0 Å². The number of esters is 1. The van der Waals surface area contributed by atoms with Crippen LogP contribution in [0, 0.1) is 28.6 Å². The average molecular weight is 710 g/mol. The third-order valence-corrected chi connectivity index (χ3v) is 14.4. The van der Waals surface area contributed by atoms with Gasteiger partial charge in [-0.05, 0) is 121 Å². The number of sulfone groups is 1. The predicted molar refractivity (Wildman–Crippen MR) is 184 cm³/mol. The molecule has 262 valence electrons. The van der Waals surface area contributed by atoms with Crippen molar-refractivity contribution in [3.05, 3.63) is 71.4 Å². The summed E-state index contributed by atoms with van der Waals surface area (Å²) in [6, 6.07) is 9.84. The highest BCUT2D eigenvalue weighted by Gasteiger charge is 2.70. The Hall–Kier alpha value is -3.39. The van der Waals surface area contributed by atoms with Gasteiger partial charge in [0.2, 0.25) is 5.76 Å². The lowest BCUT2D eigenvalue weighted by atomic mass is 9.45. The van der Waals surface area contributed by atoms with Crippen LogP contribution in [0.4, 0.5) is 4.79 Å². The number of amides is 1. The number of aliphatic hydroxyl groups excluding tert-OH is 2. The fourth-order valence-corrected chi connectivity index (χ4v) is 11.4. The zero-order valence-electron chi connectivity index (χ0n) is 28.3. The van der Waals surface area contributed by atoms with Crippen molar-refractivity contribution in [2.45, 2.75) is 74.4 Å². The largest absolute Gasteiger partial charge is 0.457 e. The average Bonchev–Trinajstić information content (AvgIpc) is 3.78. The summed E-state index contributed by atoms with van der Waals surface area (Å²) in [5, 5.41) is 28.4. The molecular formula is C36H43N3O8S2. The van der Waals surface area contributed by atoms with Gasteiger partial charge >= 0.3 is 5.97 Å². The van der Waals surface area contributed by atoms with Crippen molar-refractivity contribution < 1.29 is 37.4 Å². The maximum Gasteiger partial charge on any atom is 0.374 e. The number of thioether (sulfide) groups is 1. The second-order valence-electron chi connectivity index (χ2n) is 14.9. The van der Waals surface area contributed by atoms with Gasteiger partial charge in [-0.15, -0.1) is 0 Å². The fourth-order valence-electron chi connectivity index (χ4n) is 9.78. The quantitative estimate of drug-likeness (QED) is 0.253. The molecule has 2 heterocycles. The van der Waals surface area contributed by atoms with E-state index in [1.807, 2.05) is 17.8 Å². The lowest BCUT2D eigenvalue weighted by Gasteiger charge is -2.61. The Balaban J connectivity index is 1.21. The molecule has 11 nitrogen and oxygen atoms in total. The molecule has 3 aromatic rings. The zero-order valence-corrected chi connectivity index (χ0v) is 30.0. The second-order valence-corrected chi connectivity index (χ2v) is 18.0. The number of benzene rings is 1. The summed E-state index contributed by atoms with van der Waals surface area (Å²) >= 11 is 0.745. The fraction of sp³-hybridized carbons (Fsp3) is 0.528. The lowest BCUT2D eigenvalue weighted by molar-refractivity contribution is -0.188. The van der Waals surface area contributed by atoms with Gasteiger partial charge in [-0.1, -0.05) is 19.4 Å². The number of fused-ring (bicyclic) bond motifs is 6. The van der Waals surface area contributed by atoms with Crippen LogP contribution in [0.5, 0.6) is 0 Å². The standard InChI is InChI=1S/C36H43N3O8S2/c1-34-18-21-20-37-39(23-9-11-24(12-10-23)49(5,44)45)27(21)17-22(34)8-13-25-26-14-15-36(32(42)48-33(43)38(3)4,35(26,2)19-28(40)30(25)34)47-31(41)29-7-6-16-46-29/h6-7,9-12,16-17,20,25-26,28,30,32,40,42H,8,13-15,18-19H2,1-5H3/t25-,26-,28-,30+,32?,34-,35-,36-/m0/s1. The van der Waals surface area contributed by atoms with Crippen LogP contribution in [0.15, 0.2) is 63.7 Å². The summed E-state index contributed by atoms with van der Waals surface area (Å²) in [5.74, 6) is -0.667. The van der Waals surface area contributed by atoms with Crippen LogP contribution < -0.4 is 0 Å². The molecule has 13 heteroatoms. The van der Waals surface area contributed by atoms with Gasteiger partial charge in [-0.3, -0.25) is 4.79 Å². The Morgan fingerprint density at radius 2 is 1.90 bits per heavy atom. The number of hydrogen-bond acceptors (Lipinski definition) is 10. The van der Waals surface area contributed by atoms with E-state index in [0.29, 0.717) is 25.7 Å².